The summed E-state index contributed by atoms with van der Waals surface area (Å²) in [5, 5.41) is 0. The standard InChI is InChI=1S/C14H7Br2ClF2N2/c15-8-2-1-7(3-10(8)18)21-13-4-9(16)11(19)5-12(13)20-14(21)6-17/h1-5H,6H2. The second-order valence-corrected chi connectivity index (χ2v) is 6.33. The van der Waals surface area contributed by atoms with Crippen LogP contribution in [0.3, 0.4) is 0 Å². The normalized spacial score (nSPS) is 11.3. The number of fused-ring (bicyclic) bond motifs is 1. The van der Waals surface area contributed by atoms with E-state index in [9.17, 15) is 8.78 Å². The predicted molar refractivity (Wildman–Crippen MR) is 85.9 cm³/mol. The molecular formula is C14H7Br2ClF2N2. The molecule has 108 valence electrons. The summed E-state index contributed by atoms with van der Waals surface area (Å²) in [5.74, 6) is -0.150. The van der Waals surface area contributed by atoms with Crippen molar-refractivity contribution < 1.29 is 8.78 Å². The van der Waals surface area contributed by atoms with Crippen molar-refractivity contribution in [2.24, 2.45) is 0 Å². The molecule has 3 aromatic rings. The smallest absolute Gasteiger partial charge is 0.139 e. The van der Waals surface area contributed by atoms with Crippen LogP contribution in [-0.2, 0) is 5.88 Å². The van der Waals surface area contributed by atoms with E-state index in [4.69, 9.17) is 11.6 Å². The molecule has 0 N–H and O–H groups in total. The minimum absolute atomic E-state index is 0.131. The SMILES string of the molecule is Fc1cc(-n2c(CCl)nc3cc(F)c(Br)cc32)ccc1Br. The van der Waals surface area contributed by atoms with Gasteiger partial charge in [0.15, 0.2) is 0 Å². The van der Waals surface area contributed by atoms with Gasteiger partial charge >= 0.3 is 0 Å². The first kappa shape index (κ1) is 14.9. The Balaban J connectivity index is 2.34. The van der Waals surface area contributed by atoms with Crippen molar-refractivity contribution in [1.29, 1.82) is 0 Å². The van der Waals surface area contributed by atoms with Crippen LogP contribution in [0.25, 0.3) is 16.7 Å². The molecular weight excluding hydrogens is 429 g/mol. The van der Waals surface area contributed by atoms with Crippen molar-refractivity contribution >= 4 is 54.5 Å². The number of aromatic nitrogens is 2. The highest BCUT2D eigenvalue weighted by Gasteiger charge is 2.15. The predicted octanol–water partition coefficient (Wildman–Crippen LogP) is 5.57. The van der Waals surface area contributed by atoms with E-state index >= 15 is 0 Å². The van der Waals surface area contributed by atoms with Gasteiger partial charge in [-0.25, -0.2) is 13.8 Å². The maximum absolute atomic E-state index is 13.8. The van der Waals surface area contributed by atoms with Crippen molar-refractivity contribution in [3.8, 4) is 5.69 Å². The fourth-order valence-electron chi connectivity index (χ4n) is 2.12. The van der Waals surface area contributed by atoms with Crippen molar-refractivity contribution in [2.75, 3.05) is 0 Å². The monoisotopic (exact) mass is 434 g/mol. The number of hydrogen-bond acceptors (Lipinski definition) is 1. The van der Waals surface area contributed by atoms with Gasteiger partial charge < -0.3 is 0 Å². The lowest BCUT2D eigenvalue weighted by Gasteiger charge is -2.09. The molecule has 0 atom stereocenters. The minimum Gasteiger partial charge on any atom is -0.295 e. The molecule has 0 fully saturated rings. The Morgan fingerprint density at radius 2 is 1.76 bits per heavy atom. The Kier molecular flexibility index (Phi) is 4.03. The third kappa shape index (κ3) is 2.60. The lowest BCUT2D eigenvalue weighted by atomic mass is 10.2. The van der Waals surface area contributed by atoms with Crippen molar-refractivity contribution in [1.82, 2.24) is 9.55 Å². The summed E-state index contributed by atoms with van der Waals surface area (Å²) in [4.78, 5) is 4.30. The van der Waals surface area contributed by atoms with Gasteiger partial charge in [0, 0.05) is 6.07 Å². The number of hydrogen-bond donors (Lipinski definition) is 0. The molecule has 0 amide bonds. The number of rotatable bonds is 2. The molecule has 2 nitrogen and oxygen atoms in total. The van der Waals surface area contributed by atoms with E-state index in [1.807, 2.05) is 0 Å². The molecule has 0 radical (unpaired) electrons. The quantitative estimate of drug-likeness (QED) is 0.481. The Morgan fingerprint density at radius 1 is 1.05 bits per heavy atom. The summed E-state index contributed by atoms with van der Waals surface area (Å²) in [6, 6.07) is 7.64. The first-order chi connectivity index (χ1) is 10.0. The van der Waals surface area contributed by atoms with Gasteiger partial charge in [-0.2, -0.15) is 0 Å². The van der Waals surface area contributed by atoms with Crippen LogP contribution < -0.4 is 0 Å². The molecule has 0 aliphatic heterocycles. The Morgan fingerprint density at radius 3 is 2.43 bits per heavy atom. The lowest BCUT2D eigenvalue weighted by molar-refractivity contribution is 0.619. The average molecular weight is 436 g/mol. The zero-order valence-electron chi connectivity index (χ0n) is 10.4. The molecule has 0 aliphatic rings. The van der Waals surface area contributed by atoms with Gasteiger partial charge in [0.2, 0.25) is 0 Å². The molecule has 0 unspecified atom stereocenters. The highest BCUT2D eigenvalue weighted by molar-refractivity contribution is 9.10. The van der Waals surface area contributed by atoms with E-state index in [0.717, 1.165) is 0 Å². The number of halogens is 5. The summed E-state index contributed by atoms with van der Waals surface area (Å²) in [5.41, 5.74) is 1.70. The Bertz CT molecular complexity index is 849. The summed E-state index contributed by atoms with van der Waals surface area (Å²) >= 11 is 12.2. The van der Waals surface area contributed by atoms with Crippen LogP contribution in [0.1, 0.15) is 5.82 Å². The molecule has 2 aromatic carbocycles. The molecule has 3 rings (SSSR count). The lowest BCUT2D eigenvalue weighted by Crippen LogP contribution is -2.00. The average Bonchev–Trinajstić information content (AvgIpc) is 2.80. The third-order valence-corrected chi connectivity index (χ3v) is 4.54. The van der Waals surface area contributed by atoms with Gasteiger partial charge in [-0.15, -0.1) is 11.6 Å². The van der Waals surface area contributed by atoms with Crippen LogP contribution in [0.15, 0.2) is 39.3 Å². The van der Waals surface area contributed by atoms with Crippen molar-refractivity contribution in [2.45, 2.75) is 5.88 Å². The van der Waals surface area contributed by atoms with Crippen LogP contribution in [0.4, 0.5) is 8.78 Å². The van der Waals surface area contributed by atoms with Gasteiger partial charge in [-0.1, -0.05) is 0 Å². The molecule has 0 bridgehead atoms. The van der Waals surface area contributed by atoms with Crippen molar-refractivity contribution in [3.05, 3.63) is 56.7 Å². The number of nitrogens with zero attached hydrogens (tertiary/aromatic N) is 2. The van der Waals surface area contributed by atoms with Gasteiger partial charge in [0.1, 0.15) is 17.5 Å². The minimum atomic E-state index is -0.407. The highest BCUT2D eigenvalue weighted by Crippen LogP contribution is 2.29. The van der Waals surface area contributed by atoms with Gasteiger partial charge in [-0.3, -0.25) is 4.57 Å². The Hall–Kier alpha value is -0.980. The summed E-state index contributed by atoms with van der Waals surface area (Å²) < 4.78 is 29.8. The number of benzene rings is 2. The molecule has 0 saturated heterocycles. The second kappa shape index (κ2) is 5.66. The van der Waals surface area contributed by atoms with Gasteiger partial charge in [0.25, 0.3) is 0 Å². The van der Waals surface area contributed by atoms with Gasteiger partial charge in [0.05, 0.1) is 31.5 Å². The second-order valence-electron chi connectivity index (χ2n) is 4.35. The first-order valence-electron chi connectivity index (χ1n) is 5.89. The van der Waals surface area contributed by atoms with Crippen LogP contribution in [-0.4, -0.2) is 9.55 Å². The molecule has 7 heteroatoms. The highest BCUT2D eigenvalue weighted by atomic mass is 79.9. The first-order valence-corrected chi connectivity index (χ1v) is 8.01. The van der Waals surface area contributed by atoms with Crippen LogP contribution in [0.2, 0.25) is 0 Å². The fourth-order valence-corrected chi connectivity index (χ4v) is 2.88. The zero-order chi connectivity index (χ0) is 15.1. The van der Waals surface area contributed by atoms with Crippen LogP contribution in [0, 0.1) is 11.6 Å². The van der Waals surface area contributed by atoms with E-state index in [2.05, 4.69) is 36.8 Å². The van der Waals surface area contributed by atoms with E-state index in [-0.39, 0.29) is 5.88 Å². The largest absolute Gasteiger partial charge is 0.295 e. The van der Waals surface area contributed by atoms with E-state index in [0.29, 0.717) is 31.5 Å². The summed E-state index contributed by atoms with van der Waals surface area (Å²) in [6.45, 7) is 0. The Labute approximate surface area is 141 Å². The maximum atomic E-state index is 13.8. The van der Waals surface area contributed by atoms with E-state index in [1.54, 1.807) is 22.8 Å². The zero-order valence-corrected chi connectivity index (χ0v) is 14.3. The molecule has 1 aromatic heterocycles. The third-order valence-electron chi connectivity index (χ3n) is 3.05. The van der Waals surface area contributed by atoms with Crippen LogP contribution >= 0.6 is 43.5 Å². The van der Waals surface area contributed by atoms with E-state index < -0.39 is 11.6 Å². The van der Waals surface area contributed by atoms with E-state index in [1.165, 1.54) is 12.1 Å². The van der Waals surface area contributed by atoms with Crippen molar-refractivity contribution in [3.63, 3.8) is 0 Å². The van der Waals surface area contributed by atoms with Crippen LogP contribution in [0.5, 0.6) is 0 Å². The number of alkyl halides is 1. The van der Waals surface area contributed by atoms with Gasteiger partial charge in [-0.05, 0) is 56.1 Å². The fraction of sp³-hybridized carbons (Fsp3) is 0.0714. The molecule has 21 heavy (non-hydrogen) atoms. The molecule has 1 heterocycles. The topological polar surface area (TPSA) is 17.8 Å². The molecule has 0 saturated carbocycles. The maximum Gasteiger partial charge on any atom is 0.139 e. The molecule has 0 aliphatic carbocycles. The molecule has 0 spiro atoms. The summed E-state index contributed by atoms with van der Waals surface area (Å²) in [7, 11) is 0. The summed E-state index contributed by atoms with van der Waals surface area (Å²) in [6.07, 6.45) is 0. The number of imidazole rings is 1.